The van der Waals surface area contributed by atoms with Gasteiger partial charge in [0.15, 0.2) is 5.76 Å². The van der Waals surface area contributed by atoms with E-state index in [-0.39, 0.29) is 18.8 Å². The molecule has 0 unspecified atom stereocenters. The van der Waals surface area contributed by atoms with Crippen LogP contribution >= 0.6 is 0 Å². The molecule has 3 heterocycles. The van der Waals surface area contributed by atoms with Crippen molar-refractivity contribution in [1.29, 1.82) is 0 Å². The number of aromatic nitrogens is 2. The fourth-order valence-electron chi connectivity index (χ4n) is 3.99. The number of furan rings is 2. The van der Waals surface area contributed by atoms with Crippen LogP contribution in [0.2, 0.25) is 0 Å². The van der Waals surface area contributed by atoms with Crippen molar-refractivity contribution in [1.82, 2.24) is 14.5 Å². The molecule has 0 aliphatic rings. The number of nitrogens with one attached hydrogen (secondary N) is 1. The molecule has 0 aliphatic carbocycles. The molecule has 192 valence electrons. The van der Waals surface area contributed by atoms with Crippen molar-refractivity contribution in [3.63, 3.8) is 0 Å². The van der Waals surface area contributed by atoms with E-state index in [0.717, 1.165) is 11.3 Å². The van der Waals surface area contributed by atoms with Gasteiger partial charge in [-0.15, -0.1) is 0 Å². The van der Waals surface area contributed by atoms with Crippen LogP contribution in [0, 0.1) is 0 Å². The molecule has 38 heavy (non-hydrogen) atoms. The van der Waals surface area contributed by atoms with Crippen LogP contribution in [-0.4, -0.2) is 39.4 Å². The molecule has 0 spiro atoms. The Labute approximate surface area is 219 Å². The second-order valence-electron chi connectivity index (χ2n) is 8.38. The molecule has 5 aromatic rings. The molecule has 9 nitrogen and oxygen atoms in total. The normalized spacial score (nSPS) is 10.8. The first-order valence-corrected chi connectivity index (χ1v) is 12.1. The van der Waals surface area contributed by atoms with Crippen LogP contribution in [0.5, 0.6) is 5.75 Å². The second kappa shape index (κ2) is 11.3. The maximum atomic E-state index is 13.3. The van der Waals surface area contributed by atoms with Crippen LogP contribution in [0.4, 0.5) is 5.95 Å². The average Bonchev–Trinajstić information content (AvgIpc) is 3.72. The third-order valence-corrected chi connectivity index (χ3v) is 5.71. The summed E-state index contributed by atoms with van der Waals surface area (Å²) in [5.41, 5.74) is 2.34. The van der Waals surface area contributed by atoms with Crippen molar-refractivity contribution in [2.24, 2.45) is 0 Å². The van der Waals surface area contributed by atoms with E-state index in [9.17, 15) is 9.59 Å². The number of hydrogen-bond donors (Lipinski definition) is 1. The van der Waals surface area contributed by atoms with E-state index in [1.54, 1.807) is 28.8 Å². The molecular formula is C29H26N4O5. The van der Waals surface area contributed by atoms with Crippen molar-refractivity contribution >= 4 is 17.8 Å². The number of hydrogen-bond acceptors (Lipinski definition) is 6. The van der Waals surface area contributed by atoms with Gasteiger partial charge >= 0.3 is 0 Å². The number of carbonyl (C=O) groups is 2. The zero-order valence-corrected chi connectivity index (χ0v) is 20.7. The predicted molar refractivity (Wildman–Crippen MR) is 141 cm³/mol. The Balaban J connectivity index is 1.43. The SMILES string of the molecule is CCOc1cccc(-n2cc(-c3ccccc3)nc2NC(=O)CN(Cc2ccco2)C(=O)c2ccco2)c1. The fraction of sp³-hybridized carbons (Fsp3) is 0.138. The van der Waals surface area contributed by atoms with Gasteiger partial charge in [0.05, 0.1) is 37.1 Å². The molecular weight excluding hydrogens is 484 g/mol. The largest absolute Gasteiger partial charge is 0.494 e. The van der Waals surface area contributed by atoms with Crippen molar-refractivity contribution in [3.8, 4) is 22.7 Å². The van der Waals surface area contributed by atoms with E-state index >= 15 is 0 Å². The molecule has 0 saturated carbocycles. The first-order chi connectivity index (χ1) is 18.6. The van der Waals surface area contributed by atoms with E-state index in [4.69, 9.17) is 18.6 Å². The highest BCUT2D eigenvalue weighted by Crippen LogP contribution is 2.26. The summed E-state index contributed by atoms with van der Waals surface area (Å²) < 4.78 is 18.1. The Hall–Kier alpha value is -5.05. The second-order valence-corrected chi connectivity index (χ2v) is 8.38. The van der Waals surface area contributed by atoms with Gasteiger partial charge in [-0.3, -0.25) is 19.5 Å². The van der Waals surface area contributed by atoms with Crippen molar-refractivity contribution < 1.29 is 23.2 Å². The lowest BCUT2D eigenvalue weighted by Crippen LogP contribution is -2.37. The number of carbonyl (C=O) groups excluding carboxylic acids is 2. The quantitative estimate of drug-likeness (QED) is 0.270. The van der Waals surface area contributed by atoms with Gasteiger partial charge in [0, 0.05) is 17.8 Å². The number of rotatable bonds is 10. The number of amides is 2. The van der Waals surface area contributed by atoms with Gasteiger partial charge in [-0.1, -0.05) is 36.4 Å². The Morgan fingerprint density at radius 1 is 0.974 bits per heavy atom. The molecule has 2 aromatic carbocycles. The van der Waals surface area contributed by atoms with E-state index in [2.05, 4.69) is 5.32 Å². The molecule has 0 fully saturated rings. The van der Waals surface area contributed by atoms with Crippen LogP contribution in [0.15, 0.2) is 106 Å². The van der Waals surface area contributed by atoms with Crippen LogP contribution in [0.25, 0.3) is 16.9 Å². The number of imidazole rings is 1. The molecule has 0 atom stereocenters. The summed E-state index contributed by atoms with van der Waals surface area (Å²) in [6.45, 7) is 2.30. The summed E-state index contributed by atoms with van der Waals surface area (Å²) in [7, 11) is 0. The van der Waals surface area contributed by atoms with Gasteiger partial charge in [0.2, 0.25) is 11.9 Å². The van der Waals surface area contributed by atoms with Gasteiger partial charge < -0.3 is 18.5 Å². The maximum Gasteiger partial charge on any atom is 0.290 e. The van der Waals surface area contributed by atoms with Gasteiger partial charge in [-0.05, 0) is 43.3 Å². The molecule has 0 saturated heterocycles. The monoisotopic (exact) mass is 510 g/mol. The predicted octanol–water partition coefficient (Wildman–Crippen LogP) is 5.41. The minimum atomic E-state index is -0.431. The van der Waals surface area contributed by atoms with Crippen molar-refractivity contribution in [2.75, 3.05) is 18.5 Å². The summed E-state index contributed by atoms with van der Waals surface area (Å²) in [5.74, 6) is 0.822. The maximum absolute atomic E-state index is 13.3. The van der Waals surface area contributed by atoms with Gasteiger partial charge in [-0.2, -0.15) is 0 Å². The van der Waals surface area contributed by atoms with Gasteiger partial charge in [0.1, 0.15) is 18.1 Å². The van der Waals surface area contributed by atoms with Crippen LogP contribution in [0.3, 0.4) is 0 Å². The Morgan fingerprint density at radius 3 is 2.53 bits per heavy atom. The van der Waals surface area contributed by atoms with Crippen LogP contribution in [-0.2, 0) is 11.3 Å². The highest BCUT2D eigenvalue weighted by Gasteiger charge is 2.23. The molecule has 9 heteroatoms. The van der Waals surface area contributed by atoms with Crippen molar-refractivity contribution in [2.45, 2.75) is 13.5 Å². The molecule has 2 amide bonds. The summed E-state index contributed by atoms with van der Waals surface area (Å²) in [5, 5.41) is 2.88. The highest BCUT2D eigenvalue weighted by molar-refractivity contribution is 5.97. The standard InChI is InChI=1S/C29H26N4O5/c1-2-36-23-12-6-11-22(17-23)33-19-25(21-9-4-3-5-10-21)30-29(33)31-27(34)20-32(18-24-13-7-15-37-24)28(35)26-14-8-16-38-26/h3-17,19H,2,18,20H2,1H3,(H,30,31,34). The highest BCUT2D eigenvalue weighted by atomic mass is 16.5. The topological polar surface area (TPSA) is 103 Å². The summed E-state index contributed by atoms with van der Waals surface area (Å²) in [6, 6.07) is 23.8. The van der Waals surface area contributed by atoms with Crippen LogP contribution in [0.1, 0.15) is 23.2 Å². The molecule has 5 rings (SSSR count). The zero-order chi connectivity index (χ0) is 26.3. The third-order valence-electron chi connectivity index (χ3n) is 5.71. The van der Waals surface area contributed by atoms with E-state index < -0.39 is 11.8 Å². The molecule has 0 radical (unpaired) electrons. The summed E-state index contributed by atoms with van der Waals surface area (Å²) in [6.07, 6.45) is 4.78. The van der Waals surface area contributed by atoms with Crippen LogP contribution < -0.4 is 10.1 Å². The van der Waals surface area contributed by atoms with Gasteiger partial charge in [0.25, 0.3) is 5.91 Å². The Bertz CT molecular complexity index is 1490. The number of anilines is 1. The summed E-state index contributed by atoms with van der Waals surface area (Å²) in [4.78, 5) is 32.4. The lowest BCUT2D eigenvalue weighted by molar-refractivity contribution is -0.117. The lowest BCUT2D eigenvalue weighted by Gasteiger charge is -2.20. The first-order valence-electron chi connectivity index (χ1n) is 12.1. The van der Waals surface area contributed by atoms with E-state index in [1.807, 2.05) is 67.7 Å². The molecule has 3 aromatic heterocycles. The molecule has 0 aliphatic heterocycles. The minimum absolute atomic E-state index is 0.0973. The number of ether oxygens (including phenoxy) is 1. The smallest absolute Gasteiger partial charge is 0.290 e. The van der Waals surface area contributed by atoms with E-state index in [1.165, 1.54) is 17.4 Å². The first kappa shape index (κ1) is 24.6. The van der Waals surface area contributed by atoms with E-state index in [0.29, 0.717) is 29.8 Å². The Kier molecular flexibility index (Phi) is 7.35. The fourth-order valence-corrected chi connectivity index (χ4v) is 3.99. The van der Waals surface area contributed by atoms with Crippen molar-refractivity contribution in [3.05, 3.63) is 109 Å². The lowest BCUT2D eigenvalue weighted by atomic mass is 10.2. The third kappa shape index (κ3) is 5.67. The average molecular weight is 511 g/mol. The molecule has 0 bridgehead atoms. The summed E-state index contributed by atoms with van der Waals surface area (Å²) >= 11 is 0. The zero-order valence-electron chi connectivity index (χ0n) is 20.7. The minimum Gasteiger partial charge on any atom is -0.494 e. The number of benzene rings is 2. The van der Waals surface area contributed by atoms with Gasteiger partial charge in [-0.25, -0.2) is 4.98 Å². The molecule has 1 N–H and O–H groups in total. The number of nitrogens with zero attached hydrogens (tertiary/aromatic N) is 3. The Morgan fingerprint density at radius 2 is 1.79 bits per heavy atom.